The number of fused-ring (bicyclic) bond motifs is 1. The number of nitrogens with zero attached hydrogens (tertiary/aromatic N) is 3. The molecule has 1 amide bonds. The Labute approximate surface area is 133 Å². The van der Waals surface area contributed by atoms with Crippen LogP contribution in [0.3, 0.4) is 0 Å². The standard InChI is InChI=1S/C15H18N4O2S/c1-21-12-8-10(22-2)5-6-11(12)15(20)16-9-14-18-17-13-4-3-7-19(13)14/h5-6,8H,3-4,7,9H2,1-2H3,(H,16,20). The number of carbonyl (C=O) groups is 1. The minimum absolute atomic E-state index is 0.167. The molecular weight excluding hydrogens is 300 g/mol. The van der Waals surface area contributed by atoms with Crippen molar-refractivity contribution >= 4 is 17.7 Å². The van der Waals surface area contributed by atoms with Gasteiger partial charge in [0, 0.05) is 17.9 Å². The van der Waals surface area contributed by atoms with Crippen LogP contribution in [0.25, 0.3) is 0 Å². The van der Waals surface area contributed by atoms with Gasteiger partial charge in [-0.1, -0.05) is 0 Å². The van der Waals surface area contributed by atoms with E-state index in [1.165, 1.54) is 0 Å². The number of hydrogen-bond acceptors (Lipinski definition) is 5. The number of rotatable bonds is 5. The lowest BCUT2D eigenvalue weighted by Crippen LogP contribution is -2.25. The fourth-order valence-electron chi connectivity index (χ4n) is 2.58. The van der Waals surface area contributed by atoms with Gasteiger partial charge in [0.2, 0.25) is 0 Å². The average Bonchev–Trinajstić information content (AvgIpc) is 3.15. The number of aryl methyl sites for hydroxylation is 1. The summed E-state index contributed by atoms with van der Waals surface area (Å²) in [6.07, 6.45) is 4.04. The van der Waals surface area contributed by atoms with E-state index >= 15 is 0 Å². The lowest BCUT2D eigenvalue weighted by molar-refractivity contribution is 0.0946. The van der Waals surface area contributed by atoms with Crippen LogP contribution < -0.4 is 10.1 Å². The maximum absolute atomic E-state index is 12.4. The van der Waals surface area contributed by atoms with Crippen molar-refractivity contribution in [1.29, 1.82) is 0 Å². The quantitative estimate of drug-likeness (QED) is 0.853. The van der Waals surface area contributed by atoms with Gasteiger partial charge in [-0.3, -0.25) is 4.79 Å². The Morgan fingerprint density at radius 1 is 1.45 bits per heavy atom. The highest BCUT2D eigenvalue weighted by Gasteiger charge is 2.18. The summed E-state index contributed by atoms with van der Waals surface area (Å²) in [5.74, 6) is 2.22. The minimum atomic E-state index is -0.167. The van der Waals surface area contributed by atoms with E-state index < -0.39 is 0 Å². The predicted molar refractivity (Wildman–Crippen MR) is 84.3 cm³/mol. The molecule has 22 heavy (non-hydrogen) atoms. The zero-order chi connectivity index (χ0) is 15.5. The summed E-state index contributed by atoms with van der Waals surface area (Å²) in [4.78, 5) is 13.4. The Morgan fingerprint density at radius 2 is 2.32 bits per heavy atom. The van der Waals surface area contributed by atoms with Crippen molar-refractivity contribution in [2.45, 2.75) is 30.8 Å². The van der Waals surface area contributed by atoms with Gasteiger partial charge in [0.05, 0.1) is 19.2 Å². The van der Waals surface area contributed by atoms with E-state index in [9.17, 15) is 4.79 Å². The second-order valence-corrected chi connectivity index (χ2v) is 5.92. The number of methoxy groups -OCH3 is 1. The summed E-state index contributed by atoms with van der Waals surface area (Å²) in [7, 11) is 1.57. The van der Waals surface area contributed by atoms with Gasteiger partial charge in [0.1, 0.15) is 11.6 Å². The molecule has 6 nitrogen and oxygen atoms in total. The number of ether oxygens (including phenoxy) is 1. The molecule has 0 bridgehead atoms. The van der Waals surface area contributed by atoms with Gasteiger partial charge in [0.25, 0.3) is 5.91 Å². The molecule has 1 aliphatic rings. The fourth-order valence-corrected chi connectivity index (χ4v) is 3.01. The molecule has 2 aromatic rings. The number of thioether (sulfide) groups is 1. The number of amides is 1. The maximum Gasteiger partial charge on any atom is 0.255 e. The summed E-state index contributed by atoms with van der Waals surface area (Å²) < 4.78 is 7.39. The van der Waals surface area contributed by atoms with Crippen molar-refractivity contribution in [3.63, 3.8) is 0 Å². The van der Waals surface area contributed by atoms with Crippen LogP contribution in [0.15, 0.2) is 23.1 Å². The SMILES string of the molecule is COc1cc(SC)ccc1C(=O)NCc1nnc2n1CCC2. The molecule has 0 aliphatic carbocycles. The molecule has 0 radical (unpaired) electrons. The molecule has 0 saturated carbocycles. The number of aromatic nitrogens is 3. The van der Waals surface area contributed by atoms with Gasteiger partial charge in [-0.25, -0.2) is 0 Å². The summed E-state index contributed by atoms with van der Waals surface area (Å²) in [6, 6.07) is 5.57. The Morgan fingerprint density at radius 3 is 3.09 bits per heavy atom. The number of nitrogens with one attached hydrogen (secondary N) is 1. The first kappa shape index (κ1) is 14.9. The molecule has 1 aromatic carbocycles. The van der Waals surface area contributed by atoms with Crippen molar-refractivity contribution < 1.29 is 9.53 Å². The van der Waals surface area contributed by atoms with Gasteiger partial charge in [-0.15, -0.1) is 22.0 Å². The monoisotopic (exact) mass is 318 g/mol. The summed E-state index contributed by atoms with van der Waals surface area (Å²) in [5, 5.41) is 11.2. The van der Waals surface area contributed by atoms with Gasteiger partial charge >= 0.3 is 0 Å². The molecule has 0 saturated heterocycles. The van der Waals surface area contributed by atoms with Crippen molar-refractivity contribution in [1.82, 2.24) is 20.1 Å². The Bertz CT molecular complexity index is 699. The lowest BCUT2D eigenvalue weighted by Gasteiger charge is -2.10. The lowest BCUT2D eigenvalue weighted by atomic mass is 10.2. The third-order valence-electron chi connectivity index (χ3n) is 3.75. The number of benzene rings is 1. The van der Waals surface area contributed by atoms with Crippen molar-refractivity contribution in [3.05, 3.63) is 35.4 Å². The van der Waals surface area contributed by atoms with E-state index in [1.54, 1.807) is 24.9 Å². The highest BCUT2D eigenvalue weighted by atomic mass is 32.2. The topological polar surface area (TPSA) is 69.0 Å². The Hall–Kier alpha value is -2.02. The van der Waals surface area contributed by atoms with E-state index in [4.69, 9.17) is 4.74 Å². The molecule has 0 spiro atoms. The molecule has 116 valence electrons. The van der Waals surface area contributed by atoms with Crippen molar-refractivity contribution in [2.75, 3.05) is 13.4 Å². The van der Waals surface area contributed by atoms with Crippen LogP contribution in [0, 0.1) is 0 Å². The highest BCUT2D eigenvalue weighted by Crippen LogP contribution is 2.25. The van der Waals surface area contributed by atoms with E-state index in [1.807, 2.05) is 18.4 Å². The van der Waals surface area contributed by atoms with E-state index in [0.717, 1.165) is 35.9 Å². The smallest absolute Gasteiger partial charge is 0.255 e. The number of carbonyl (C=O) groups excluding carboxylic acids is 1. The molecule has 1 N–H and O–H groups in total. The van der Waals surface area contributed by atoms with Gasteiger partial charge in [0.15, 0.2) is 5.82 Å². The zero-order valence-corrected chi connectivity index (χ0v) is 13.4. The number of hydrogen-bond donors (Lipinski definition) is 1. The normalized spacial score (nSPS) is 13.0. The van der Waals surface area contributed by atoms with Crippen molar-refractivity contribution in [3.8, 4) is 5.75 Å². The predicted octanol–water partition coefficient (Wildman–Crippen LogP) is 1.88. The van der Waals surface area contributed by atoms with Crippen molar-refractivity contribution in [2.24, 2.45) is 0 Å². The first-order valence-electron chi connectivity index (χ1n) is 7.14. The average molecular weight is 318 g/mol. The van der Waals surface area contributed by atoms with Gasteiger partial charge in [-0.2, -0.15) is 0 Å². The van der Waals surface area contributed by atoms with Gasteiger partial charge < -0.3 is 14.6 Å². The van der Waals surface area contributed by atoms with Crippen LogP contribution in [0.4, 0.5) is 0 Å². The third kappa shape index (κ3) is 2.81. The molecule has 7 heteroatoms. The van der Waals surface area contributed by atoms with Crippen LogP contribution >= 0.6 is 11.8 Å². The summed E-state index contributed by atoms with van der Waals surface area (Å²) >= 11 is 1.61. The Balaban J connectivity index is 1.71. The molecular formula is C15H18N4O2S. The van der Waals surface area contributed by atoms with Crippen LogP contribution in [0.2, 0.25) is 0 Å². The van der Waals surface area contributed by atoms with Gasteiger partial charge in [-0.05, 0) is 30.9 Å². The molecule has 0 unspecified atom stereocenters. The van der Waals surface area contributed by atoms with E-state index in [-0.39, 0.29) is 5.91 Å². The Kier molecular flexibility index (Phi) is 4.33. The molecule has 0 atom stereocenters. The van der Waals surface area contributed by atoms with E-state index in [0.29, 0.717) is 17.9 Å². The van der Waals surface area contributed by atoms with Crippen LogP contribution in [-0.4, -0.2) is 34.0 Å². The first-order valence-corrected chi connectivity index (χ1v) is 8.36. The summed E-state index contributed by atoms with van der Waals surface area (Å²) in [5.41, 5.74) is 0.529. The molecule has 2 heterocycles. The minimum Gasteiger partial charge on any atom is -0.496 e. The molecule has 3 rings (SSSR count). The maximum atomic E-state index is 12.4. The largest absolute Gasteiger partial charge is 0.496 e. The molecule has 1 aromatic heterocycles. The second kappa shape index (κ2) is 6.39. The summed E-state index contributed by atoms with van der Waals surface area (Å²) in [6.45, 7) is 1.30. The highest BCUT2D eigenvalue weighted by molar-refractivity contribution is 7.98. The fraction of sp³-hybridized carbons (Fsp3) is 0.400. The first-order chi connectivity index (χ1) is 10.7. The second-order valence-electron chi connectivity index (χ2n) is 5.04. The van der Waals surface area contributed by atoms with Crippen LogP contribution in [0.5, 0.6) is 5.75 Å². The zero-order valence-electron chi connectivity index (χ0n) is 12.6. The molecule has 0 fully saturated rings. The third-order valence-corrected chi connectivity index (χ3v) is 4.47. The molecule has 1 aliphatic heterocycles. The van der Waals surface area contributed by atoms with Crippen LogP contribution in [0.1, 0.15) is 28.4 Å². The van der Waals surface area contributed by atoms with Crippen LogP contribution in [-0.2, 0) is 19.5 Å². The van der Waals surface area contributed by atoms with E-state index in [2.05, 4.69) is 20.1 Å².